The predicted octanol–water partition coefficient (Wildman–Crippen LogP) is -1.15. The molecule has 0 bridgehead atoms. The Morgan fingerprint density at radius 3 is 1.74 bits per heavy atom. The number of aliphatic imine (C=N–C) groups is 2. The molecule has 4 rings (SSSR count). The summed E-state index contributed by atoms with van der Waals surface area (Å²) in [6.45, 7) is -0.123. The molecular formula is C37H49N11O6. The van der Waals surface area contributed by atoms with Crippen LogP contribution in [0.5, 0.6) is 5.75 Å². The Morgan fingerprint density at radius 2 is 1.17 bits per heavy atom. The van der Waals surface area contributed by atoms with E-state index in [9.17, 15) is 29.1 Å². The van der Waals surface area contributed by atoms with Crippen LogP contribution < -0.4 is 44.2 Å². The average molecular weight is 744 g/mol. The number of amides is 5. The Balaban J connectivity index is 1.71. The maximum Gasteiger partial charge on any atom is 0.245 e. The molecule has 54 heavy (non-hydrogen) atoms. The van der Waals surface area contributed by atoms with Crippen molar-refractivity contribution in [3.8, 4) is 5.75 Å². The second kappa shape index (κ2) is 19.4. The number of phenolic OH excluding ortho intramolecular Hbond substituents is 1. The lowest BCUT2D eigenvalue weighted by Crippen LogP contribution is -2.58. The molecule has 1 fully saturated rings. The number of carbonyl (C=O) groups is 5. The largest absolute Gasteiger partial charge is 0.508 e. The summed E-state index contributed by atoms with van der Waals surface area (Å²) in [5.74, 6) is -3.51. The number of likely N-dealkylation sites (N-methyl/N-ethyl adjacent to an activating group) is 1. The molecule has 0 radical (unpaired) electrons. The summed E-state index contributed by atoms with van der Waals surface area (Å²) in [6, 6.07) is 14.8. The number of rotatable bonds is 12. The number of nitrogens with zero attached hydrogens (tertiary/aromatic N) is 3. The molecule has 0 aliphatic carbocycles. The van der Waals surface area contributed by atoms with Crippen LogP contribution in [0.4, 0.5) is 0 Å². The van der Waals surface area contributed by atoms with Gasteiger partial charge in [-0.3, -0.25) is 34.0 Å². The zero-order valence-corrected chi connectivity index (χ0v) is 30.2. The van der Waals surface area contributed by atoms with Crippen molar-refractivity contribution < 1.29 is 29.1 Å². The van der Waals surface area contributed by atoms with Crippen LogP contribution in [0.25, 0.3) is 10.8 Å². The number of phenols is 1. The molecule has 5 amide bonds. The molecule has 1 heterocycles. The zero-order chi connectivity index (χ0) is 39.2. The molecule has 4 atom stereocenters. The molecule has 1 aliphatic rings. The van der Waals surface area contributed by atoms with E-state index in [2.05, 4.69) is 31.3 Å². The third kappa shape index (κ3) is 12.4. The average Bonchev–Trinajstić information content (AvgIpc) is 3.13. The summed E-state index contributed by atoms with van der Waals surface area (Å²) in [4.78, 5) is 78.4. The van der Waals surface area contributed by atoms with Crippen molar-refractivity contribution in [2.75, 3.05) is 26.7 Å². The van der Waals surface area contributed by atoms with E-state index >= 15 is 0 Å². The maximum absolute atomic E-state index is 14.0. The summed E-state index contributed by atoms with van der Waals surface area (Å²) in [6.07, 6.45) is 0.790. The Labute approximate surface area is 313 Å². The minimum atomic E-state index is -1.19. The van der Waals surface area contributed by atoms with Gasteiger partial charge in [0.2, 0.25) is 29.5 Å². The number of guanidine groups is 2. The van der Waals surface area contributed by atoms with Crippen molar-refractivity contribution in [2.24, 2.45) is 32.9 Å². The Kier molecular flexibility index (Phi) is 14.5. The lowest BCUT2D eigenvalue weighted by molar-refractivity contribution is -0.139. The molecule has 0 saturated carbocycles. The van der Waals surface area contributed by atoms with Crippen LogP contribution in [0.1, 0.15) is 36.8 Å². The quantitative estimate of drug-likeness (QED) is 0.0610. The summed E-state index contributed by atoms with van der Waals surface area (Å²) in [7, 11) is 1.43. The standard InChI is InChI=1S/C37H49N11O6/c1-48-21-31(50)44-29(19-22-11-14-26(49)15-12-22)34(53)46-27(8-4-16-42-36(38)39)32(51)45-28(9-5-17-43-37(40)41)33(52)47-30(35(48)54)20-23-10-13-24-6-2-3-7-25(24)18-23/h2-3,6-7,10-15,18,27-30,49H,4-5,8-9,16-17,19-21H2,1H3,(H,44,50)(H,45,51)(H,46,53)(H,47,52)(H4,38,39,42)(H4,40,41,43)/t27-,28-,29+,30-/m0/s1. The Bertz CT molecular complexity index is 1860. The van der Waals surface area contributed by atoms with Gasteiger partial charge in [0.1, 0.15) is 29.9 Å². The van der Waals surface area contributed by atoms with E-state index in [-0.39, 0.29) is 69.3 Å². The molecule has 0 unspecified atom stereocenters. The molecule has 17 heteroatoms. The van der Waals surface area contributed by atoms with Crippen molar-refractivity contribution in [3.05, 3.63) is 77.9 Å². The Hall–Kier alpha value is -6.39. The predicted molar refractivity (Wildman–Crippen MR) is 205 cm³/mol. The van der Waals surface area contributed by atoms with Gasteiger partial charge in [0.05, 0.1) is 6.54 Å². The molecule has 3 aromatic carbocycles. The van der Waals surface area contributed by atoms with E-state index in [0.717, 1.165) is 16.3 Å². The first kappa shape index (κ1) is 40.4. The summed E-state index contributed by atoms with van der Waals surface area (Å²) < 4.78 is 0. The van der Waals surface area contributed by atoms with Gasteiger partial charge in [0.15, 0.2) is 11.9 Å². The normalized spacial score (nSPS) is 20.1. The van der Waals surface area contributed by atoms with Crippen LogP contribution in [0, 0.1) is 0 Å². The molecule has 1 saturated heterocycles. The van der Waals surface area contributed by atoms with Crippen LogP contribution in [0.2, 0.25) is 0 Å². The highest BCUT2D eigenvalue weighted by Gasteiger charge is 2.33. The van der Waals surface area contributed by atoms with Crippen LogP contribution in [0.15, 0.2) is 76.7 Å². The number of nitrogens with two attached hydrogens (primary N) is 4. The minimum Gasteiger partial charge on any atom is -0.508 e. The monoisotopic (exact) mass is 743 g/mol. The summed E-state index contributed by atoms with van der Waals surface area (Å²) >= 11 is 0. The van der Waals surface area contributed by atoms with E-state index in [0.29, 0.717) is 5.56 Å². The first-order chi connectivity index (χ1) is 25.8. The van der Waals surface area contributed by atoms with Gasteiger partial charge in [-0.15, -0.1) is 0 Å². The number of benzene rings is 3. The SMILES string of the molecule is CN1CC(=O)N[C@H](Cc2ccc(O)cc2)C(=O)N[C@@H](CCCN=C(N)N)C(=O)N[C@@H](CCCN=C(N)N)C(=O)N[C@@H](Cc2ccc3ccccc3c2)C1=O. The molecule has 0 spiro atoms. The first-order valence-electron chi connectivity index (χ1n) is 17.6. The fourth-order valence-electron chi connectivity index (χ4n) is 6.04. The first-order valence-corrected chi connectivity index (χ1v) is 17.6. The van der Waals surface area contributed by atoms with Gasteiger partial charge in [0, 0.05) is 33.0 Å². The molecule has 13 N–H and O–H groups in total. The number of hydrogen-bond acceptors (Lipinski definition) is 8. The lowest BCUT2D eigenvalue weighted by Gasteiger charge is -2.27. The van der Waals surface area contributed by atoms with Gasteiger partial charge < -0.3 is 54.2 Å². The van der Waals surface area contributed by atoms with Crippen LogP contribution >= 0.6 is 0 Å². The molecule has 3 aromatic rings. The van der Waals surface area contributed by atoms with Gasteiger partial charge in [-0.05, 0) is 59.7 Å². The van der Waals surface area contributed by atoms with E-state index in [1.165, 1.54) is 24.1 Å². The van der Waals surface area contributed by atoms with Gasteiger partial charge in [-0.25, -0.2) is 0 Å². The number of fused-ring (bicyclic) bond motifs is 1. The van der Waals surface area contributed by atoms with Crippen molar-refractivity contribution in [1.29, 1.82) is 0 Å². The van der Waals surface area contributed by atoms with E-state index in [1.807, 2.05) is 42.5 Å². The Morgan fingerprint density at radius 1 is 0.667 bits per heavy atom. The molecule has 17 nitrogen and oxygen atoms in total. The van der Waals surface area contributed by atoms with E-state index in [4.69, 9.17) is 22.9 Å². The summed E-state index contributed by atoms with van der Waals surface area (Å²) in [5.41, 5.74) is 23.3. The second-order valence-corrected chi connectivity index (χ2v) is 13.2. The van der Waals surface area contributed by atoms with E-state index in [1.54, 1.807) is 12.1 Å². The smallest absolute Gasteiger partial charge is 0.245 e. The fraction of sp³-hybridized carbons (Fsp3) is 0.378. The zero-order valence-electron chi connectivity index (χ0n) is 30.2. The van der Waals surface area contributed by atoms with Gasteiger partial charge in [-0.2, -0.15) is 0 Å². The number of hydrogen-bond donors (Lipinski definition) is 9. The maximum atomic E-state index is 14.0. The van der Waals surface area contributed by atoms with Crippen molar-refractivity contribution in [3.63, 3.8) is 0 Å². The van der Waals surface area contributed by atoms with Gasteiger partial charge in [0.25, 0.3) is 0 Å². The second-order valence-electron chi connectivity index (χ2n) is 13.2. The topological polar surface area (TPSA) is 286 Å². The van der Waals surface area contributed by atoms with Crippen LogP contribution in [-0.4, -0.2) is 102 Å². The van der Waals surface area contributed by atoms with Gasteiger partial charge in [-0.1, -0.05) is 54.6 Å². The molecule has 288 valence electrons. The molecular weight excluding hydrogens is 694 g/mol. The third-order valence-corrected chi connectivity index (χ3v) is 8.81. The molecule has 1 aliphatic heterocycles. The van der Waals surface area contributed by atoms with Crippen molar-refractivity contribution in [2.45, 2.75) is 62.7 Å². The minimum absolute atomic E-state index is 0.00407. The van der Waals surface area contributed by atoms with Crippen molar-refractivity contribution in [1.82, 2.24) is 26.2 Å². The molecule has 0 aromatic heterocycles. The van der Waals surface area contributed by atoms with Crippen molar-refractivity contribution >= 4 is 52.2 Å². The number of nitrogens with one attached hydrogen (secondary N) is 4. The highest BCUT2D eigenvalue weighted by Crippen LogP contribution is 2.18. The lowest BCUT2D eigenvalue weighted by atomic mass is 10.00. The van der Waals surface area contributed by atoms with Crippen LogP contribution in [-0.2, 0) is 36.8 Å². The third-order valence-electron chi connectivity index (χ3n) is 8.81. The number of carbonyl (C=O) groups excluding carboxylic acids is 5. The number of aromatic hydroxyl groups is 1. The van der Waals surface area contributed by atoms with Gasteiger partial charge >= 0.3 is 0 Å². The summed E-state index contributed by atoms with van der Waals surface area (Å²) in [5, 5.41) is 22.7. The fourth-order valence-corrected chi connectivity index (χ4v) is 6.04. The van der Waals surface area contributed by atoms with E-state index < -0.39 is 60.2 Å². The highest BCUT2D eigenvalue weighted by atomic mass is 16.3. The van der Waals surface area contributed by atoms with Crippen LogP contribution in [0.3, 0.4) is 0 Å². The highest BCUT2D eigenvalue weighted by molar-refractivity contribution is 5.97.